The zero-order chi connectivity index (χ0) is 14.1. The predicted molar refractivity (Wildman–Crippen MR) is 82.7 cm³/mol. The first-order valence-electron chi connectivity index (χ1n) is 7.97. The zero-order valence-electron chi connectivity index (χ0n) is 12.5. The molecule has 2 heterocycles. The van der Waals surface area contributed by atoms with Gasteiger partial charge in [-0.2, -0.15) is 11.8 Å². The van der Waals surface area contributed by atoms with Crippen molar-refractivity contribution in [1.82, 2.24) is 5.43 Å². The van der Waals surface area contributed by atoms with Gasteiger partial charge in [-0.3, -0.25) is 11.3 Å². The Bertz CT molecular complexity index is 319. The molecule has 20 heavy (non-hydrogen) atoms. The van der Waals surface area contributed by atoms with E-state index in [4.69, 9.17) is 15.3 Å². The first-order chi connectivity index (χ1) is 9.74. The molecule has 0 radical (unpaired) electrons. The second-order valence-corrected chi connectivity index (χ2v) is 7.89. The van der Waals surface area contributed by atoms with Gasteiger partial charge in [-0.1, -0.05) is 0 Å². The Kier molecular flexibility index (Phi) is 4.63. The molecule has 0 aromatic heterocycles. The molecule has 3 fully saturated rings. The summed E-state index contributed by atoms with van der Waals surface area (Å²) < 4.78 is 12.1. The molecule has 0 bridgehead atoms. The van der Waals surface area contributed by atoms with Crippen LogP contribution in [0.2, 0.25) is 0 Å². The molecule has 3 aliphatic rings. The lowest BCUT2D eigenvalue weighted by Crippen LogP contribution is -2.63. The Hall–Kier alpha value is 0.190. The third-order valence-corrected chi connectivity index (χ3v) is 6.74. The lowest BCUT2D eigenvalue weighted by molar-refractivity contribution is -0.150. The van der Waals surface area contributed by atoms with Crippen molar-refractivity contribution < 1.29 is 9.47 Å². The van der Waals surface area contributed by atoms with Gasteiger partial charge in [0.25, 0.3) is 0 Å². The summed E-state index contributed by atoms with van der Waals surface area (Å²) in [5, 5.41) is 0. The van der Waals surface area contributed by atoms with Gasteiger partial charge in [0.2, 0.25) is 0 Å². The molecule has 2 saturated heterocycles. The van der Waals surface area contributed by atoms with E-state index in [0.717, 1.165) is 32.3 Å². The number of nitrogens with one attached hydrogen (secondary N) is 1. The third-order valence-electron chi connectivity index (χ3n) is 5.76. The normalized spacial score (nSPS) is 33.6. The first-order valence-corrected chi connectivity index (χ1v) is 9.12. The molecule has 4 nitrogen and oxygen atoms in total. The SMILES string of the molecule is COC1(C(NN)C2CCOC3(CCSCC3)C2)CCC1. The Morgan fingerprint density at radius 2 is 2.05 bits per heavy atom. The highest BCUT2D eigenvalue weighted by molar-refractivity contribution is 7.99. The Morgan fingerprint density at radius 3 is 2.60 bits per heavy atom. The van der Waals surface area contributed by atoms with Crippen LogP contribution < -0.4 is 11.3 Å². The van der Waals surface area contributed by atoms with Crippen LogP contribution in [0.1, 0.15) is 44.9 Å². The fourth-order valence-corrected chi connectivity index (χ4v) is 5.56. The van der Waals surface area contributed by atoms with E-state index in [2.05, 4.69) is 17.2 Å². The van der Waals surface area contributed by atoms with Crippen molar-refractivity contribution in [2.24, 2.45) is 11.8 Å². The number of thioether (sulfide) groups is 1. The standard InChI is InChI=1S/C15H28N2O2S/c1-18-15(4-2-5-15)13(17-16)12-3-8-19-14(11-12)6-9-20-10-7-14/h12-13,17H,2-11,16H2,1H3. The number of rotatable bonds is 4. The number of hydrogen-bond donors (Lipinski definition) is 2. The van der Waals surface area contributed by atoms with Gasteiger partial charge in [0.1, 0.15) is 0 Å². The summed E-state index contributed by atoms with van der Waals surface area (Å²) >= 11 is 2.06. The highest BCUT2D eigenvalue weighted by Gasteiger charge is 2.50. The highest BCUT2D eigenvalue weighted by atomic mass is 32.2. The van der Waals surface area contributed by atoms with Gasteiger partial charge < -0.3 is 9.47 Å². The number of nitrogens with two attached hydrogens (primary N) is 1. The average Bonchev–Trinajstić information content (AvgIpc) is 2.43. The Labute approximate surface area is 126 Å². The molecular weight excluding hydrogens is 272 g/mol. The van der Waals surface area contributed by atoms with Crippen LogP contribution in [0, 0.1) is 5.92 Å². The van der Waals surface area contributed by atoms with Crippen molar-refractivity contribution in [2.45, 2.75) is 62.2 Å². The van der Waals surface area contributed by atoms with E-state index in [-0.39, 0.29) is 17.2 Å². The van der Waals surface area contributed by atoms with Crippen molar-refractivity contribution in [1.29, 1.82) is 0 Å². The molecule has 3 N–H and O–H groups in total. The van der Waals surface area contributed by atoms with Crippen molar-refractivity contribution in [3.05, 3.63) is 0 Å². The topological polar surface area (TPSA) is 56.5 Å². The molecule has 0 aromatic carbocycles. The molecule has 1 aliphatic carbocycles. The largest absolute Gasteiger partial charge is 0.377 e. The first kappa shape index (κ1) is 15.1. The van der Waals surface area contributed by atoms with E-state index < -0.39 is 0 Å². The van der Waals surface area contributed by atoms with Crippen LogP contribution in [0.5, 0.6) is 0 Å². The molecule has 116 valence electrons. The van der Waals surface area contributed by atoms with Gasteiger partial charge in [-0.05, 0) is 62.4 Å². The van der Waals surface area contributed by atoms with Gasteiger partial charge in [0, 0.05) is 13.7 Å². The van der Waals surface area contributed by atoms with E-state index in [1.807, 2.05) is 7.11 Å². The summed E-state index contributed by atoms with van der Waals surface area (Å²) in [6.45, 7) is 0.882. The van der Waals surface area contributed by atoms with Crippen molar-refractivity contribution in [3.8, 4) is 0 Å². The maximum absolute atomic E-state index is 6.21. The Balaban J connectivity index is 1.71. The maximum atomic E-state index is 6.21. The van der Waals surface area contributed by atoms with Crippen molar-refractivity contribution in [2.75, 3.05) is 25.2 Å². The molecule has 2 aliphatic heterocycles. The monoisotopic (exact) mass is 300 g/mol. The van der Waals surface area contributed by atoms with Crippen LogP contribution >= 0.6 is 11.8 Å². The molecular formula is C15H28N2O2S. The van der Waals surface area contributed by atoms with Crippen LogP contribution in [0.25, 0.3) is 0 Å². The third kappa shape index (κ3) is 2.63. The lowest BCUT2D eigenvalue weighted by Gasteiger charge is -2.52. The second-order valence-electron chi connectivity index (χ2n) is 6.66. The van der Waals surface area contributed by atoms with E-state index in [9.17, 15) is 0 Å². The number of hydrogen-bond acceptors (Lipinski definition) is 5. The van der Waals surface area contributed by atoms with Gasteiger partial charge in [-0.25, -0.2) is 0 Å². The molecule has 2 unspecified atom stereocenters. The van der Waals surface area contributed by atoms with E-state index >= 15 is 0 Å². The van der Waals surface area contributed by atoms with E-state index in [1.165, 1.54) is 30.8 Å². The minimum absolute atomic E-state index is 0.0264. The summed E-state index contributed by atoms with van der Waals surface area (Å²) in [4.78, 5) is 0. The summed E-state index contributed by atoms with van der Waals surface area (Å²) in [6.07, 6.45) is 8.19. The van der Waals surface area contributed by atoms with Gasteiger partial charge in [0.15, 0.2) is 0 Å². The van der Waals surface area contributed by atoms with Crippen LogP contribution in [-0.4, -0.2) is 42.5 Å². The Morgan fingerprint density at radius 1 is 1.30 bits per heavy atom. The van der Waals surface area contributed by atoms with E-state index in [1.54, 1.807) is 0 Å². The number of hydrazine groups is 1. The lowest BCUT2D eigenvalue weighted by atomic mass is 9.66. The fourth-order valence-electron chi connectivity index (χ4n) is 4.33. The predicted octanol–water partition coefficient (Wildman–Crippen LogP) is 2.08. The van der Waals surface area contributed by atoms with Crippen LogP contribution in [0.3, 0.4) is 0 Å². The van der Waals surface area contributed by atoms with Crippen LogP contribution in [0.15, 0.2) is 0 Å². The smallest absolute Gasteiger partial charge is 0.0847 e. The van der Waals surface area contributed by atoms with Gasteiger partial charge >= 0.3 is 0 Å². The number of methoxy groups -OCH3 is 1. The molecule has 1 spiro atoms. The van der Waals surface area contributed by atoms with E-state index in [0.29, 0.717) is 5.92 Å². The highest BCUT2D eigenvalue weighted by Crippen LogP contribution is 2.46. The number of ether oxygens (including phenoxy) is 2. The summed E-state index contributed by atoms with van der Waals surface area (Å²) in [5.74, 6) is 8.98. The quantitative estimate of drug-likeness (QED) is 0.615. The van der Waals surface area contributed by atoms with Crippen LogP contribution in [-0.2, 0) is 9.47 Å². The summed E-state index contributed by atoms with van der Waals surface area (Å²) in [7, 11) is 1.84. The van der Waals surface area contributed by atoms with Gasteiger partial charge in [-0.15, -0.1) is 0 Å². The zero-order valence-corrected chi connectivity index (χ0v) is 13.3. The second kappa shape index (κ2) is 6.13. The van der Waals surface area contributed by atoms with Crippen molar-refractivity contribution >= 4 is 11.8 Å². The molecule has 2 atom stereocenters. The fraction of sp³-hybridized carbons (Fsp3) is 1.00. The molecule has 0 aromatic rings. The summed E-state index contributed by atoms with van der Waals surface area (Å²) in [6, 6.07) is 0.275. The molecule has 3 rings (SSSR count). The molecule has 5 heteroatoms. The minimum Gasteiger partial charge on any atom is -0.377 e. The maximum Gasteiger partial charge on any atom is 0.0847 e. The molecule has 1 saturated carbocycles. The molecule has 0 amide bonds. The summed E-state index contributed by atoms with van der Waals surface area (Å²) in [5.41, 5.74) is 3.20. The van der Waals surface area contributed by atoms with Gasteiger partial charge in [0.05, 0.1) is 17.2 Å². The minimum atomic E-state index is -0.0264. The van der Waals surface area contributed by atoms with Crippen LogP contribution in [0.4, 0.5) is 0 Å². The average molecular weight is 300 g/mol. The van der Waals surface area contributed by atoms with Crippen molar-refractivity contribution in [3.63, 3.8) is 0 Å².